The van der Waals surface area contributed by atoms with Crippen LogP contribution in [-0.2, 0) is 0 Å². The van der Waals surface area contributed by atoms with Crippen LogP contribution in [0.1, 0.15) is 10.5 Å². The van der Waals surface area contributed by atoms with Gasteiger partial charge in [-0.15, -0.1) is 0 Å². The molecule has 1 amide bonds. The fourth-order valence-electron chi connectivity index (χ4n) is 0.612. The highest BCUT2D eigenvalue weighted by molar-refractivity contribution is 6.29. The molecule has 0 fully saturated rings. The molecule has 0 saturated carbocycles. The maximum atomic E-state index is 10.9. The molecule has 0 aliphatic carbocycles. The van der Waals surface area contributed by atoms with E-state index in [0.29, 0.717) is 0 Å². The number of anilines is 1. The van der Waals surface area contributed by atoms with E-state index in [1.54, 1.807) is 0 Å². The third-order valence-corrected chi connectivity index (χ3v) is 1.30. The maximum absolute atomic E-state index is 10.9. The Morgan fingerprint density at radius 2 is 2.33 bits per heavy atom. The van der Waals surface area contributed by atoms with Gasteiger partial charge in [0.25, 0.3) is 5.91 Å². The summed E-state index contributed by atoms with van der Waals surface area (Å²) in [6.45, 7) is 0. The van der Waals surface area contributed by atoms with Crippen LogP contribution in [0.5, 0.6) is 0 Å². The van der Waals surface area contributed by atoms with E-state index in [1.807, 2.05) is 5.43 Å². The SMILES string of the molecule is NNC(=O)c1nc(Cl)cnc1N. The lowest BCUT2D eigenvalue weighted by molar-refractivity contribution is 0.0949. The summed E-state index contributed by atoms with van der Waals surface area (Å²) in [5, 5.41) is 0.0859. The lowest BCUT2D eigenvalue weighted by Gasteiger charge is -2.00. The summed E-state index contributed by atoms with van der Waals surface area (Å²) in [5.74, 6) is 4.22. The van der Waals surface area contributed by atoms with Crippen molar-refractivity contribution in [3.8, 4) is 0 Å². The standard InChI is InChI=1S/C5H6ClN5O/c6-2-1-9-4(7)3(10-2)5(12)11-8/h1H,8H2,(H2,7,9)(H,11,12). The average molecular weight is 188 g/mol. The van der Waals surface area contributed by atoms with E-state index >= 15 is 0 Å². The van der Waals surface area contributed by atoms with Gasteiger partial charge in [-0.25, -0.2) is 15.8 Å². The van der Waals surface area contributed by atoms with Crippen LogP contribution in [0.25, 0.3) is 0 Å². The molecule has 0 bridgehead atoms. The van der Waals surface area contributed by atoms with Crippen LogP contribution >= 0.6 is 11.6 Å². The molecule has 64 valence electrons. The topological polar surface area (TPSA) is 107 Å². The minimum atomic E-state index is -0.623. The van der Waals surface area contributed by atoms with Crippen LogP contribution in [0, 0.1) is 0 Å². The predicted octanol–water partition coefficient (Wildman–Crippen LogP) is -0.684. The van der Waals surface area contributed by atoms with Gasteiger partial charge in [0.15, 0.2) is 11.5 Å². The number of nitrogen functional groups attached to an aromatic ring is 2. The van der Waals surface area contributed by atoms with Gasteiger partial charge in [0.2, 0.25) is 0 Å². The summed E-state index contributed by atoms with van der Waals surface area (Å²) in [4.78, 5) is 18.2. The zero-order chi connectivity index (χ0) is 9.14. The lowest BCUT2D eigenvalue weighted by Crippen LogP contribution is -2.31. The Balaban J connectivity index is 3.13. The molecule has 1 heterocycles. The first-order chi connectivity index (χ1) is 5.65. The van der Waals surface area contributed by atoms with Crippen LogP contribution in [0.2, 0.25) is 5.15 Å². The number of halogens is 1. The fourth-order valence-corrected chi connectivity index (χ4v) is 0.746. The normalized spacial score (nSPS) is 9.50. The molecule has 1 aromatic heterocycles. The third kappa shape index (κ3) is 1.60. The Bertz CT molecular complexity index is 315. The summed E-state index contributed by atoms with van der Waals surface area (Å²) < 4.78 is 0. The first-order valence-electron chi connectivity index (χ1n) is 2.94. The summed E-state index contributed by atoms with van der Waals surface area (Å²) >= 11 is 5.47. The van der Waals surface area contributed by atoms with E-state index in [0.717, 1.165) is 0 Å². The van der Waals surface area contributed by atoms with Crippen molar-refractivity contribution in [3.05, 3.63) is 17.0 Å². The molecule has 0 spiro atoms. The molecule has 0 aliphatic heterocycles. The number of amides is 1. The van der Waals surface area contributed by atoms with Crippen molar-refractivity contribution in [1.82, 2.24) is 15.4 Å². The Morgan fingerprint density at radius 1 is 1.67 bits per heavy atom. The molecule has 0 saturated heterocycles. The Hall–Kier alpha value is -1.40. The molecule has 1 rings (SSSR count). The molecule has 0 aromatic carbocycles. The highest BCUT2D eigenvalue weighted by Crippen LogP contribution is 2.08. The number of nitrogens with zero attached hydrogens (tertiary/aromatic N) is 2. The first-order valence-corrected chi connectivity index (χ1v) is 3.32. The third-order valence-electron chi connectivity index (χ3n) is 1.12. The minimum absolute atomic E-state index is 0.0117. The van der Waals surface area contributed by atoms with Crippen LogP contribution in [0.15, 0.2) is 6.20 Å². The van der Waals surface area contributed by atoms with Crippen LogP contribution in [-0.4, -0.2) is 15.9 Å². The number of nitrogens with one attached hydrogen (secondary N) is 1. The number of hydrogen-bond donors (Lipinski definition) is 3. The summed E-state index contributed by atoms with van der Waals surface area (Å²) in [5.41, 5.74) is 7.11. The second kappa shape index (κ2) is 3.33. The predicted molar refractivity (Wildman–Crippen MR) is 43.1 cm³/mol. The minimum Gasteiger partial charge on any atom is -0.382 e. The van der Waals surface area contributed by atoms with Crippen LogP contribution < -0.4 is 17.0 Å². The molecule has 12 heavy (non-hydrogen) atoms. The molecular formula is C5H6ClN5O. The van der Waals surface area contributed by atoms with Gasteiger partial charge in [0, 0.05) is 0 Å². The summed E-state index contributed by atoms with van der Waals surface area (Å²) in [6, 6.07) is 0. The van der Waals surface area contributed by atoms with Crippen LogP contribution in [0.4, 0.5) is 5.82 Å². The number of carbonyl (C=O) groups is 1. The van der Waals surface area contributed by atoms with Gasteiger partial charge in [-0.2, -0.15) is 0 Å². The molecule has 0 aliphatic rings. The summed E-state index contributed by atoms with van der Waals surface area (Å²) in [7, 11) is 0. The number of rotatable bonds is 1. The van der Waals surface area contributed by atoms with E-state index in [1.165, 1.54) is 6.20 Å². The lowest BCUT2D eigenvalue weighted by atomic mass is 10.4. The van der Waals surface area contributed by atoms with Crippen molar-refractivity contribution in [1.29, 1.82) is 0 Å². The molecular weight excluding hydrogens is 182 g/mol. The van der Waals surface area contributed by atoms with Gasteiger partial charge in [0.05, 0.1) is 6.20 Å². The number of hydrazine groups is 1. The van der Waals surface area contributed by atoms with Crippen molar-refractivity contribution >= 4 is 23.3 Å². The van der Waals surface area contributed by atoms with Crippen LogP contribution in [0.3, 0.4) is 0 Å². The maximum Gasteiger partial charge on any atom is 0.287 e. The van der Waals surface area contributed by atoms with Crippen molar-refractivity contribution in [3.63, 3.8) is 0 Å². The molecule has 0 radical (unpaired) electrons. The molecule has 1 aromatic rings. The van der Waals surface area contributed by atoms with E-state index in [4.69, 9.17) is 23.2 Å². The highest BCUT2D eigenvalue weighted by Gasteiger charge is 2.11. The van der Waals surface area contributed by atoms with E-state index in [2.05, 4.69) is 9.97 Å². The van der Waals surface area contributed by atoms with Crippen molar-refractivity contribution in [2.75, 3.05) is 5.73 Å². The summed E-state index contributed by atoms with van der Waals surface area (Å²) in [6.07, 6.45) is 1.24. The zero-order valence-electron chi connectivity index (χ0n) is 5.91. The Morgan fingerprint density at radius 3 is 2.92 bits per heavy atom. The van der Waals surface area contributed by atoms with Gasteiger partial charge in [-0.05, 0) is 0 Å². The van der Waals surface area contributed by atoms with E-state index in [9.17, 15) is 4.79 Å². The van der Waals surface area contributed by atoms with Gasteiger partial charge < -0.3 is 5.73 Å². The Labute approximate surface area is 72.9 Å². The molecule has 5 N–H and O–H groups in total. The number of nitrogens with two attached hydrogens (primary N) is 2. The van der Waals surface area contributed by atoms with Crippen molar-refractivity contribution in [2.45, 2.75) is 0 Å². The smallest absolute Gasteiger partial charge is 0.287 e. The number of hydrogen-bond acceptors (Lipinski definition) is 5. The van der Waals surface area contributed by atoms with Gasteiger partial charge in [0.1, 0.15) is 5.15 Å². The quantitative estimate of drug-likeness (QED) is 0.307. The highest BCUT2D eigenvalue weighted by atomic mass is 35.5. The Kier molecular flexibility index (Phi) is 2.41. The number of carbonyl (C=O) groups excluding carboxylic acids is 1. The fraction of sp³-hybridized carbons (Fsp3) is 0. The zero-order valence-corrected chi connectivity index (χ0v) is 6.67. The largest absolute Gasteiger partial charge is 0.382 e. The van der Waals surface area contributed by atoms with E-state index in [-0.39, 0.29) is 16.7 Å². The van der Waals surface area contributed by atoms with Gasteiger partial charge in [-0.3, -0.25) is 10.2 Å². The second-order valence-corrected chi connectivity index (χ2v) is 2.29. The molecule has 0 atom stereocenters. The molecule has 7 heteroatoms. The van der Waals surface area contributed by atoms with Gasteiger partial charge >= 0.3 is 0 Å². The monoisotopic (exact) mass is 187 g/mol. The second-order valence-electron chi connectivity index (χ2n) is 1.90. The number of aromatic nitrogens is 2. The average Bonchev–Trinajstić information content (AvgIpc) is 2.08. The van der Waals surface area contributed by atoms with Crippen molar-refractivity contribution < 1.29 is 4.79 Å². The van der Waals surface area contributed by atoms with Gasteiger partial charge in [-0.1, -0.05) is 11.6 Å². The van der Waals surface area contributed by atoms with E-state index < -0.39 is 5.91 Å². The molecule has 6 nitrogen and oxygen atoms in total. The molecule has 0 unspecified atom stereocenters. The first kappa shape index (κ1) is 8.69. The van der Waals surface area contributed by atoms with Crippen molar-refractivity contribution in [2.24, 2.45) is 5.84 Å².